The number of rotatable bonds is 4. The molecule has 4 nitrogen and oxygen atoms in total. The van der Waals surface area contributed by atoms with Crippen molar-refractivity contribution in [3.63, 3.8) is 0 Å². The molecule has 1 heterocycles. The first kappa shape index (κ1) is 10.5. The summed E-state index contributed by atoms with van der Waals surface area (Å²) in [6, 6.07) is 0. The molecule has 1 saturated carbocycles. The van der Waals surface area contributed by atoms with E-state index in [1.54, 1.807) is 0 Å². The van der Waals surface area contributed by atoms with Gasteiger partial charge in [0.2, 0.25) is 5.95 Å². The van der Waals surface area contributed by atoms with Crippen LogP contribution in [0.4, 0.5) is 5.95 Å². The predicted octanol–water partition coefficient (Wildman–Crippen LogP) is 1.48. The molecule has 0 bridgehead atoms. The fraction of sp³-hybridized carbons (Fsp3) is 0.727. The minimum Gasteiger partial charge on any atom is -0.393 e. The van der Waals surface area contributed by atoms with E-state index in [2.05, 4.69) is 21.8 Å². The van der Waals surface area contributed by atoms with Gasteiger partial charge in [0, 0.05) is 25.5 Å². The highest BCUT2D eigenvalue weighted by Crippen LogP contribution is 2.25. The van der Waals surface area contributed by atoms with Crippen LogP contribution in [0.15, 0.2) is 12.4 Å². The largest absolute Gasteiger partial charge is 0.393 e. The van der Waals surface area contributed by atoms with Gasteiger partial charge in [-0.2, -0.15) is 0 Å². The van der Waals surface area contributed by atoms with Crippen LogP contribution in [0.1, 0.15) is 26.2 Å². The lowest BCUT2D eigenvalue weighted by Crippen LogP contribution is -2.15. The Bertz CT molecular complexity index is 311. The van der Waals surface area contributed by atoms with Gasteiger partial charge < -0.3 is 15.0 Å². The highest BCUT2D eigenvalue weighted by molar-refractivity contribution is 5.25. The standard InChI is InChI=1S/C11H19N3O/c1-2-14-6-5-12-11(14)13-8-9-3-4-10(15)7-9/h5-6,9-10,15H,2-4,7-8H2,1H3,(H,12,13). The molecule has 84 valence electrons. The summed E-state index contributed by atoms with van der Waals surface area (Å²) in [5.41, 5.74) is 0. The maximum atomic E-state index is 9.41. The summed E-state index contributed by atoms with van der Waals surface area (Å²) in [6.07, 6.45) is 6.72. The van der Waals surface area contributed by atoms with E-state index in [1.807, 2.05) is 12.4 Å². The molecule has 15 heavy (non-hydrogen) atoms. The van der Waals surface area contributed by atoms with Gasteiger partial charge in [0.15, 0.2) is 0 Å². The molecule has 4 heteroatoms. The van der Waals surface area contributed by atoms with E-state index in [9.17, 15) is 5.11 Å². The number of aromatic nitrogens is 2. The summed E-state index contributed by atoms with van der Waals surface area (Å²) in [5, 5.41) is 12.8. The minimum absolute atomic E-state index is 0.0808. The summed E-state index contributed by atoms with van der Waals surface area (Å²) in [4.78, 5) is 4.26. The zero-order chi connectivity index (χ0) is 10.7. The highest BCUT2D eigenvalue weighted by Gasteiger charge is 2.22. The van der Waals surface area contributed by atoms with Crippen LogP contribution in [0.25, 0.3) is 0 Å². The molecule has 2 N–H and O–H groups in total. The van der Waals surface area contributed by atoms with Crippen molar-refractivity contribution in [1.82, 2.24) is 9.55 Å². The quantitative estimate of drug-likeness (QED) is 0.789. The second-order valence-electron chi connectivity index (χ2n) is 4.25. The van der Waals surface area contributed by atoms with Crippen molar-refractivity contribution in [3.8, 4) is 0 Å². The molecule has 0 amide bonds. The van der Waals surface area contributed by atoms with Gasteiger partial charge in [-0.05, 0) is 32.1 Å². The van der Waals surface area contributed by atoms with Crippen LogP contribution < -0.4 is 5.32 Å². The van der Waals surface area contributed by atoms with Crippen molar-refractivity contribution < 1.29 is 5.11 Å². The average Bonchev–Trinajstić information content (AvgIpc) is 2.83. The molecule has 0 radical (unpaired) electrons. The average molecular weight is 209 g/mol. The van der Waals surface area contributed by atoms with Crippen LogP contribution >= 0.6 is 0 Å². The topological polar surface area (TPSA) is 50.1 Å². The number of imidazole rings is 1. The van der Waals surface area contributed by atoms with Gasteiger partial charge in [0.1, 0.15) is 0 Å². The molecular formula is C11H19N3O. The number of hydrogen-bond donors (Lipinski definition) is 2. The van der Waals surface area contributed by atoms with Crippen molar-refractivity contribution in [2.75, 3.05) is 11.9 Å². The van der Waals surface area contributed by atoms with Crippen LogP contribution in [-0.2, 0) is 6.54 Å². The molecular weight excluding hydrogens is 190 g/mol. The number of hydrogen-bond acceptors (Lipinski definition) is 3. The Kier molecular flexibility index (Phi) is 3.26. The Hall–Kier alpha value is -1.03. The number of aliphatic hydroxyl groups excluding tert-OH is 1. The number of aliphatic hydroxyl groups is 1. The summed E-state index contributed by atoms with van der Waals surface area (Å²) >= 11 is 0. The van der Waals surface area contributed by atoms with E-state index in [1.165, 1.54) is 0 Å². The maximum Gasteiger partial charge on any atom is 0.202 e. The molecule has 1 aromatic heterocycles. The third-order valence-electron chi connectivity index (χ3n) is 3.12. The monoisotopic (exact) mass is 209 g/mol. The van der Waals surface area contributed by atoms with Crippen molar-refractivity contribution in [3.05, 3.63) is 12.4 Å². The lowest BCUT2D eigenvalue weighted by molar-refractivity contribution is 0.178. The van der Waals surface area contributed by atoms with Crippen molar-refractivity contribution in [2.24, 2.45) is 5.92 Å². The molecule has 2 atom stereocenters. The Labute approximate surface area is 90.3 Å². The summed E-state index contributed by atoms with van der Waals surface area (Å²) < 4.78 is 2.09. The Morgan fingerprint density at radius 3 is 3.13 bits per heavy atom. The fourth-order valence-corrected chi connectivity index (χ4v) is 2.20. The normalized spacial score (nSPS) is 25.7. The SMILES string of the molecule is CCn1ccnc1NCC1CCC(O)C1. The Balaban J connectivity index is 1.83. The van der Waals surface area contributed by atoms with E-state index in [0.29, 0.717) is 5.92 Å². The van der Waals surface area contributed by atoms with E-state index >= 15 is 0 Å². The van der Waals surface area contributed by atoms with Gasteiger partial charge >= 0.3 is 0 Å². The van der Waals surface area contributed by atoms with Crippen LogP contribution in [-0.4, -0.2) is 27.3 Å². The maximum absolute atomic E-state index is 9.41. The van der Waals surface area contributed by atoms with Gasteiger partial charge in [-0.15, -0.1) is 0 Å². The minimum atomic E-state index is -0.0808. The second-order valence-corrected chi connectivity index (χ2v) is 4.25. The van der Waals surface area contributed by atoms with Gasteiger partial charge in [-0.1, -0.05) is 0 Å². The molecule has 1 fully saturated rings. The predicted molar refractivity (Wildman–Crippen MR) is 59.7 cm³/mol. The first-order valence-corrected chi connectivity index (χ1v) is 5.72. The summed E-state index contributed by atoms with van der Waals surface area (Å²) in [6.45, 7) is 3.97. The van der Waals surface area contributed by atoms with Crippen LogP contribution in [0.3, 0.4) is 0 Å². The van der Waals surface area contributed by atoms with E-state index in [-0.39, 0.29) is 6.10 Å². The van der Waals surface area contributed by atoms with Crippen molar-refractivity contribution in [1.29, 1.82) is 0 Å². The van der Waals surface area contributed by atoms with Crippen LogP contribution in [0, 0.1) is 5.92 Å². The van der Waals surface area contributed by atoms with Crippen molar-refractivity contribution >= 4 is 5.95 Å². The molecule has 0 aromatic carbocycles. The van der Waals surface area contributed by atoms with Gasteiger partial charge in [0.25, 0.3) is 0 Å². The number of nitrogens with zero attached hydrogens (tertiary/aromatic N) is 2. The molecule has 1 aromatic rings. The highest BCUT2D eigenvalue weighted by atomic mass is 16.3. The lowest BCUT2D eigenvalue weighted by Gasteiger charge is -2.12. The molecule has 2 rings (SSSR count). The van der Waals surface area contributed by atoms with Crippen LogP contribution in [0.2, 0.25) is 0 Å². The molecule has 1 aliphatic carbocycles. The lowest BCUT2D eigenvalue weighted by atomic mass is 10.1. The second kappa shape index (κ2) is 4.66. The number of anilines is 1. The molecule has 0 saturated heterocycles. The van der Waals surface area contributed by atoms with E-state index < -0.39 is 0 Å². The Morgan fingerprint density at radius 1 is 1.60 bits per heavy atom. The van der Waals surface area contributed by atoms with E-state index in [4.69, 9.17) is 0 Å². The van der Waals surface area contributed by atoms with E-state index in [0.717, 1.165) is 38.3 Å². The zero-order valence-electron chi connectivity index (χ0n) is 9.19. The number of nitrogens with one attached hydrogen (secondary N) is 1. The van der Waals surface area contributed by atoms with Crippen molar-refractivity contribution in [2.45, 2.75) is 38.8 Å². The smallest absolute Gasteiger partial charge is 0.202 e. The molecule has 0 aliphatic heterocycles. The third-order valence-corrected chi connectivity index (χ3v) is 3.12. The zero-order valence-corrected chi connectivity index (χ0v) is 9.19. The molecule has 2 unspecified atom stereocenters. The van der Waals surface area contributed by atoms with Gasteiger partial charge in [0.05, 0.1) is 6.10 Å². The van der Waals surface area contributed by atoms with Crippen LogP contribution in [0.5, 0.6) is 0 Å². The van der Waals surface area contributed by atoms with Gasteiger partial charge in [-0.3, -0.25) is 0 Å². The van der Waals surface area contributed by atoms with Gasteiger partial charge in [-0.25, -0.2) is 4.98 Å². The third kappa shape index (κ3) is 2.50. The summed E-state index contributed by atoms with van der Waals surface area (Å²) in [7, 11) is 0. The Morgan fingerprint density at radius 2 is 2.47 bits per heavy atom. The molecule has 1 aliphatic rings. The fourth-order valence-electron chi connectivity index (χ4n) is 2.20. The molecule has 0 spiro atoms. The number of aryl methyl sites for hydroxylation is 1. The first-order chi connectivity index (χ1) is 7.29. The summed E-state index contributed by atoms with van der Waals surface area (Å²) in [5.74, 6) is 1.54. The first-order valence-electron chi connectivity index (χ1n) is 5.72.